The van der Waals surface area contributed by atoms with E-state index in [1.807, 2.05) is 18.2 Å². The minimum atomic E-state index is -1.03. The highest BCUT2D eigenvalue weighted by molar-refractivity contribution is 6.33. The number of aromatic nitrogens is 2. The first-order valence-electron chi connectivity index (χ1n) is 6.21. The van der Waals surface area contributed by atoms with Crippen LogP contribution in [0.2, 0.25) is 5.02 Å². The van der Waals surface area contributed by atoms with Crippen LogP contribution < -0.4 is 5.32 Å². The summed E-state index contributed by atoms with van der Waals surface area (Å²) in [6.45, 7) is 1.47. The van der Waals surface area contributed by atoms with Crippen molar-refractivity contribution in [3.63, 3.8) is 0 Å². The highest BCUT2D eigenvalue weighted by atomic mass is 35.5. The number of halogens is 1. The smallest absolute Gasteiger partial charge is 0.259 e. The molecule has 19 heavy (non-hydrogen) atoms. The standard InChI is InChI=1S/C13H14ClN3O2/c14-10-4-2-1-3-9(10)11-16-12(19-17-11)13(18)5-7-15-8-6-13/h1-4,15,18H,5-8H2. The quantitative estimate of drug-likeness (QED) is 0.879. The first kappa shape index (κ1) is 12.6. The van der Waals surface area contributed by atoms with Crippen LogP contribution in [0.5, 0.6) is 0 Å². The molecule has 0 aliphatic carbocycles. The van der Waals surface area contributed by atoms with Gasteiger partial charge < -0.3 is 14.9 Å². The van der Waals surface area contributed by atoms with Crippen LogP contribution >= 0.6 is 11.6 Å². The van der Waals surface area contributed by atoms with Gasteiger partial charge in [-0.05, 0) is 38.1 Å². The van der Waals surface area contributed by atoms with Gasteiger partial charge in [-0.2, -0.15) is 4.98 Å². The molecule has 1 saturated heterocycles. The second kappa shape index (κ2) is 4.92. The van der Waals surface area contributed by atoms with E-state index in [2.05, 4.69) is 15.5 Å². The van der Waals surface area contributed by atoms with Crippen molar-refractivity contribution in [2.75, 3.05) is 13.1 Å². The summed E-state index contributed by atoms with van der Waals surface area (Å²) < 4.78 is 5.22. The van der Waals surface area contributed by atoms with E-state index < -0.39 is 5.60 Å². The van der Waals surface area contributed by atoms with Gasteiger partial charge in [-0.1, -0.05) is 28.9 Å². The van der Waals surface area contributed by atoms with Crippen molar-refractivity contribution in [3.8, 4) is 11.4 Å². The zero-order valence-corrected chi connectivity index (χ0v) is 11.0. The van der Waals surface area contributed by atoms with Gasteiger partial charge in [0, 0.05) is 5.56 Å². The molecule has 100 valence electrons. The highest BCUT2D eigenvalue weighted by Gasteiger charge is 2.37. The number of nitrogens with zero attached hydrogens (tertiary/aromatic N) is 2. The van der Waals surface area contributed by atoms with E-state index in [1.165, 1.54) is 0 Å². The Labute approximate surface area is 115 Å². The summed E-state index contributed by atoms with van der Waals surface area (Å²) in [5.41, 5.74) is -0.325. The predicted octanol–water partition coefficient (Wildman–Crippen LogP) is 1.96. The molecule has 0 atom stereocenters. The van der Waals surface area contributed by atoms with Crippen molar-refractivity contribution in [3.05, 3.63) is 35.2 Å². The van der Waals surface area contributed by atoms with Crippen molar-refractivity contribution >= 4 is 11.6 Å². The fourth-order valence-electron chi connectivity index (χ4n) is 2.22. The topological polar surface area (TPSA) is 71.2 Å². The molecule has 0 spiro atoms. The number of benzene rings is 1. The maximum atomic E-state index is 10.5. The zero-order chi connectivity index (χ0) is 13.3. The second-order valence-corrected chi connectivity index (χ2v) is 5.09. The van der Waals surface area contributed by atoms with Crippen LogP contribution in [0.3, 0.4) is 0 Å². The van der Waals surface area contributed by atoms with E-state index in [0.29, 0.717) is 29.3 Å². The molecule has 6 heteroatoms. The molecule has 1 aliphatic heterocycles. The number of hydrogen-bond donors (Lipinski definition) is 2. The lowest BCUT2D eigenvalue weighted by Gasteiger charge is -2.28. The number of piperidine rings is 1. The minimum absolute atomic E-state index is 0.268. The van der Waals surface area contributed by atoms with Gasteiger partial charge in [-0.15, -0.1) is 0 Å². The first-order chi connectivity index (χ1) is 9.19. The van der Waals surface area contributed by atoms with Crippen LogP contribution in [0.4, 0.5) is 0 Å². The number of nitrogens with one attached hydrogen (secondary N) is 1. The SMILES string of the molecule is OC1(c2nc(-c3ccccc3Cl)no2)CCNCC1. The molecule has 1 aliphatic rings. The molecule has 2 N–H and O–H groups in total. The average Bonchev–Trinajstić information content (AvgIpc) is 2.90. The molecule has 2 heterocycles. The van der Waals surface area contributed by atoms with Crippen LogP contribution in [0.25, 0.3) is 11.4 Å². The Morgan fingerprint density at radius 2 is 2.00 bits per heavy atom. The maximum absolute atomic E-state index is 10.5. The molecule has 0 bridgehead atoms. The molecule has 1 aromatic heterocycles. The van der Waals surface area contributed by atoms with Crippen LogP contribution in [0.1, 0.15) is 18.7 Å². The van der Waals surface area contributed by atoms with Gasteiger partial charge in [0.2, 0.25) is 5.82 Å². The molecular formula is C13H14ClN3O2. The molecule has 0 saturated carbocycles. The van der Waals surface area contributed by atoms with E-state index in [4.69, 9.17) is 16.1 Å². The average molecular weight is 280 g/mol. The van der Waals surface area contributed by atoms with Crippen LogP contribution in [0, 0.1) is 0 Å². The van der Waals surface area contributed by atoms with Crippen LogP contribution in [0.15, 0.2) is 28.8 Å². The summed E-state index contributed by atoms with van der Waals surface area (Å²) in [5.74, 6) is 0.677. The van der Waals surface area contributed by atoms with E-state index in [1.54, 1.807) is 6.07 Å². The molecule has 0 amide bonds. The van der Waals surface area contributed by atoms with Crippen molar-refractivity contribution in [2.24, 2.45) is 0 Å². The molecule has 1 aromatic carbocycles. The summed E-state index contributed by atoms with van der Waals surface area (Å²) in [6.07, 6.45) is 1.13. The summed E-state index contributed by atoms with van der Waals surface area (Å²) in [5, 5.41) is 18.2. The number of aliphatic hydroxyl groups is 1. The lowest BCUT2D eigenvalue weighted by atomic mass is 9.92. The van der Waals surface area contributed by atoms with Gasteiger partial charge in [0.1, 0.15) is 5.60 Å². The Hall–Kier alpha value is -1.43. The largest absolute Gasteiger partial charge is 0.380 e. The Morgan fingerprint density at radius 3 is 2.74 bits per heavy atom. The Bertz CT molecular complexity index is 579. The molecule has 1 fully saturated rings. The monoisotopic (exact) mass is 279 g/mol. The summed E-state index contributed by atoms with van der Waals surface area (Å²) in [4.78, 5) is 4.30. The Kier molecular flexibility index (Phi) is 3.26. The van der Waals surface area contributed by atoms with E-state index >= 15 is 0 Å². The van der Waals surface area contributed by atoms with Gasteiger partial charge in [0.25, 0.3) is 5.89 Å². The van der Waals surface area contributed by atoms with Crippen molar-refractivity contribution in [1.29, 1.82) is 0 Å². The predicted molar refractivity (Wildman–Crippen MR) is 70.7 cm³/mol. The highest BCUT2D eigenvalue weighted by Crippen LogP contribution is 2.32. The van der Waals surface area contributed by atoms with Crippen molar-refractivity contribution < 1.29 is 9.63 Å². The Morgan fingerprint density at radius 1 is 1.26 bits per heavy atom. The molecule has 0 radical (unpaired) electrons. The van der Waals surface area contributed by atoms with Gasteiger partial charge in [0.05, 0.1) is 5.02 Å². The summed E-state index contributed by atoms with van der Waals surface area (Å²) in [7, 11) is 0. The lowest BCUT2D eigenvalue weighted by Crippen LogP contribution is -2.39. The van der Waals surface area contributed by atoms with Crippen molar-refractivity contribution in [2.45, 2.75) is 18.4 Å². The fraction of sp³-hybridized carbons (Fsp3) is 0.385. The molecule has 2 aromatic rings. The third-order valence-electron chi connectivity index (χ3n) is 3.37. The number of rotatable bonds is 2. The lowest BCUT2D eigenvalue weighted by molar-refractivity contribution is -0.0228. The second-order valence-electron chi connectivity index (χ2n) is 4.68. The molecule has 0 unspecified atom stereocenters. The maximum Gasteiger partial charge on any atom is 0.259 e. The molecular weight excluding hydrogens is 266 g/mol. The molecule has 3 rings (SSSR count). The van der Waals surface area contributed by atoms with Crippen molar-refractivity contribution in [1.82, 2.24) is 15.5 Å². The third kappa shape index (κ3) is 2.36. The first-order valence-corrected chi connectivity index (χ1v) is 6.59. The van der Waals surface area contributed by atoms with Crippen LogP contribution in [-0.4, -0.2) is 28.3 Å². The number of hydrogen-bond acceptors (Lipinski definition) is 5. The van der Waals surface area contributed by atoms with Gasteiger partial charge >= 0.3 is 0 Å². The Balaban J connectivity index is 1.93. The normalized spacial score (nSPS) is 18.4. The minimum Gasteiger partial charge on any atom is -0.380 e. The van der Waals surface area contributed by atoms with E-state index in [0.717, 1.165) is 13.1 Å². The van der Waals surface area contributed by atoms with Gasteiger partial charge in [-0.25, -0.2) is 0 Å². The van der Waals surface area contributed by atoms with E-state index in [-0.39, 0.29) is 5.89 Å². The third-order valence-corrected chi connectivity index (χ3v) is 3.70. The van der Waals surface area contributed by atoms with E-state index in [9.17, 15) is 5.11 Å². The summed E-state index contributed by atoms with van der Waals surface area (Å²) in [6, 6.07) is 7.29. The van der Waals surface area contributed by atoms with Crippen LogP contribution in [-0.2, 0) is 5.60 Å². The molecule has 5 nitrogen and oxygen atoms in total. The van der Waals surface area contributed by atoms with Gasteiger partial charge in [-0.3, -0.25) is 0 Å². The fourth-order valence-corrected chi connectivity index (χ4v) is 2.44. The summed E-state index contributed by atoms with van der Waals surface area (Å²) >= 11 is 6.09. The zero-order valence-electron chi connectivity index (χ0n) is 10.3. The van der Waals surface area contributed by atoms with Gasteiger partial charge in [0.15, 0.2) is 0 Å².